The quantitative estimate of drug-likeness (QED) is 0.717. The predicted octanol–water partition coefficient (Wildman–Crippen LogP) is 2.83. The first-order valence-electron chi connectivity index (χ1n) is 12.1. The van der Waals surface area contributed by atoms with Crippen LogP contribution in [0.25, 0.3) is 10.9 Å². The number of para-hydroxylation sites is 1. The molecule has 6 atom stereocenters. The highest BCUT2D eigenvalue weighted by molar-refractivity contribution is 7.89. The van der Waals surface area contributed by atoms with Gasteiger partial charge in [0, 0.05) is 24.2 Å². The van der Waals surface area contributed by atoms with Gasteiger partial charge in [0.2, 0.25) is 15.9 Å². The average molecular weight is 470 g/mol. The number of carbonyl (C=O) groups excluding carboxylic acids is 1. The molecule has 0 radical (unpaired) electrons. The van der Waals surface area contributed by atoms with Gasteiger partial charge < -0.3 is 10.4 Å². The summed E-state index contributed by atoms with van der Waals surface area (Å²) in [5.41, 5.74) is -1.27. The van der Waals surface area contributed by atoms with Crippen molar-refractivity contribution in [3.05, 3.63) is 36.5 Å². The molecule has 4 aliphatic carbocycles. The molecule has 1 saturated heterocycles. The number of amides is 1. The van der Waals surface area contributed by atoms with Crippen LogP contribution in [0.1, 0.15) is 51.9 Å². The molecule has 33 heavy (non-hydrogen) atoms. The lowest BCUT2D eigenvalue weighted by atomic mass is 9.52. The Labute approximate surface area is 194 Å². The summed E-state index contributed by atoms with van der Waals surface area (Å²) in [6.45, 7) is 2.07. The lowest BCUT2D eigenvalue weighted by molar-refractivity contribution is -0.150. The number of nitrogens with one attached hydrogen (secondary N) is 1. The molecule has 4 saturated carbocycles. The zero-order valence-electron chi connectivity index (χ0n) is 18.9. The molecular formula is C25H31N3O4S. The van der Waals surface area contributed by atoms with Crippen LogP contribution >= 0.6 is 0 Å². The van der Waals surface area contributed by atoms with Crippen LogP contribution in [-0.2, 0) is 14.8 Å². The zero-order valence-corrected chi connectivity index (χ0v) is 19.7. The molecule has 1 amide bonds. The third kappa shape index (κ3) is 3.25. The van der Waals surface area contributed by atoms with Crippen LogP contribution in [0.2, 0.25) is 0 Å². The Kier molecular flexibility index (Phi) is 4.71. The van der Waals surface area contributed by atoms with E-state index in [0.29, 0.717) is 30.8 Å². The summed E-state index contributed by atoms with van der Waals surface area (Å²) in [5.74, 6) is 0.907. The Morgan fingerprint density at radius 2 is 1.88 bits per heavy atom. The fourth-order valence-electron chi connectivity index (χ4n) is 7.48. The molecule has 5 fully saturated rings. The van der Waals surface area contributed by atoms with Crippen LogP contribution in [0.3, 0.4) is 0 Å². The Morgan fingerprint density at radius 1 is 1.15 bits per heavy atom. The lowest BCUT2D eigenvalue weighted by Gasteiger charge is -2.58. The number of aliphatic hydroxyl groups is 1. The van der Waals surface area contributed by atoms with E-state index in [1.165, 1.54) is 4.31 Å². The van der Waals surface area contributed by atoms with Crippen LogP contribution in [0.4, 0.5) is 0 Å². The summed E-state index contributed by atoms with van der Waals surface area (Å²) >= 11 is 0. The van der Waals surface area contributed by atoms with Crippen LogP contribution < -0.4 is 5.32 Å². The molecule has 2 aromatic rings. The highest BCUT2D eigenvalue weighted by Gasteiger charge is 2.57. The smallest absolute Gasteiger partial charge is 0.246 e. The minimum absolute atomic E-state index is 0.0236. The van der Waals surface area contributed by atoms with Crippen LogP contribution in [0.15, 0.2) is 41.4 Å². The van der Waals surface area contributed by atoms with Crippen molar-refractivity contribution in [1.82, 2.24) is 14.6 Å². The fraction of sp³-hybridized carbons (Fsp3) is 0.600. The third-order valence-corrected chi connectivity index (χ3v) is 10.8. The molecule has 3 unspecified atom stereocenters. The molecule has 1 aromatic carbocycles. The Bertz CT molecular complexity index is 1210. The van der Waals surface area contributed by atoms with E-state index in [0.717, 1.165) is 37.5 Å². The van der Waals surface area contributed by atoms with E-state index in [9.17, 15) is 18.3 Å². The number of benzene rings is 1. The Morgan fingerprint density at radius 3 is 2.61 bits per heavy atom. The molecule has 7 rings (SSSR count). The Hall–Kier alpha value is -2.03. The summed E-state index contributed by atoms with van der Waals surface area (Å²) in [4.78, 5) is 18.2. The number of nitrogens with zero attached hydrogens (tertiary/aromatic N) is 2. The van der Waals surface area contributed by atoms with Crippen molar-refractivity contribution in [2.75, 3.05) is 6.54 Å². The van der Waals surface area contributed by atoms with Crippen molar-refractivity contribution < 1.29 is 18.3 Å². The van der Waals surface area contributed by atoms with Gasteiger partial charge in [-0.15, -0.1) is 0 Å². The molecule has 8 heteroatoms. The molecule has 2 N–H and O–H groups in total. The predicted molar refractivity (Wildman–Crippen MR) is 124 cm³/mol. The highest BCUT2D eigenvalue weighted by Crippen LogP contribution is 2.55. The van der Waals surface area contributed by atoms with Gasteiger partial charge >= 0.3 is 0 Å². The number of rotatable bonds is 4. The number of carbonyl (C=O) groups is 1. The molecule has 5 aliphatic rings. The summed E-state index contributed by atoms with van der Waals surface area (Å²) in [6, 6.07) is 8.81. The van der Waals surface area contributed by atoms with Gasteiger partial charge in [-0.1, -0.05) is 18.2 Å². The molecule has 7 nitrogen and oxygen atoms in total. The first kappa shape index (κ1) is 21.5. The third-order valence-electron chi connectivity index (χ3n) is 8.77. The van der Waals surface area contributed by atoms with Crippen molar-refractivity contribution in [2.24, 2.45) is 17.8 Å². The topological polar surface area (TPSA) is 99.6 Å². The fourth-order valence-corrected chi connectivity index (χ4v) is 9.45. The van der Waals surface area contributed by atoms with E-state index in [1.54, 1.807) is 31.3 Å². The van der Waals surface area contributed by atoms with Gasteiger partial charge in [0.25, 0.3) is 0 Å². The number of pyridine rings is 1. The summed E-state index contributed by atoms with van der Waals surface area (Å²) < 4.78 is 29.0. The van der Waals surface area contributed by atoms with E-state index in [-0.39, 0.29) is 28.7 Å². The molecular weight excluding hydrogens is 438 g/mol. The Balaban J connectivity index is 1.29. The molecule has 4 bridgehead atoms. The second-order valence-corrected chi connectivity index (χ2v) is 12.8. The average Bonchev–Trinajstić information content (AvgIpc) is 3.18. The summed E-state index contributed by atoms with van der Waals surface area (Å²) in [7, 11) is -3.92. The normalized spacial score (nSPS) is 38.1. The number of hydrogen-bond donors (Lipinski definition) is 2. The monoisotopic (exact) mass is 469 g/mol. The maximum atomic E-state index is 13.8. The SMILES string of the molecule is C[C@]1(C(=O)NC2[C@@H]3CC4C[C@H]2CC(O)(C4)C3)CCCN1S(=O)(=O)c1cccc2cccnc12. The van der Waals surface area contributed by atoms with E-state index >= 15 is 0 Å². The molecule has 1 aliphatic heterocycles. The first-order valence-corrected chi connectivity index (χ1v) is 13.5. The van der Waals surface area contributed by atoms with Crippen molar-refractivity contribution >= 4 is 26.8 Å². The zero-order chi connectivity index (χ0) is 23.0. The van der Waals surface area contributed by atoms with Gasteiger partial charge in [-0.05, 0) is 81.8 Å². The van der Waals surface area contributed by atoms with Gasteiger partial charge in [0.1, 0.15) is 10.4 Å². The second-order valence-electron chi connectivity index (χ2n) is 11.0. The van der Waals surface area contributed by atoms with Crippen LogP contribution in [-0.4, -0.2) is 52.4 Å². The van der Waals surface area contributed by atoms with Crippen LogP contribution in [0, 0.1) is 17.8 Å². The van der Waals surface area contributed by atoms with Crippen molar-refractivity contribution in [3.8, 4) is 0 Å². The van der Waals surface area contributed by atoms with Gasteiger partial charge in [0.05, 0.1) is 11.1 Å². The largest absolute Gasteiger partial charge is 0.390 e. The molecule has 1 aromatic heterocycles. The number of hydrogen-bond acceptors (Lipinski definition) is 5. The second kappa shape index (κ2) is 7.23. The maximum Gasteiger partial charge on any atom is 0.246 e. The summed E-state index contributed by atoms with van der Waals surface area (Å²) in [5, 5.41) is 14.9. The van der Waals surface area contributed by atoms with Crippen molar-refractivity contribution in [2.45, 2.75) is 73.9 Å². The lowest BCUT2D eigenvalue weighted by Crippen LogP contribution is -2.65. The summed E-state index contributed by atoms with van der Waals surface area (Å²) in [6.07, 6.45) is 7.19. The number of aromatic nitrogens is 1. The van der Waals surface area contributed by atoms with Gasteiger partial charge in [-0.2, -0.15) is 4.31 Å². The minimum Gasteiger partial charge on any atom is -0.390 e. The minimum atomic E-state index is -3.92. The van der Waals surface area contributed by atoms with E-state index in [1.807, 2.05) is 12.1 Å². The molecule has 0 spiro atoms. The standard InChI is InChI=1S/C25H31N3O4S/c1-24(23(29)27-21-18-11-16-12-19(21)15-25(30,13-16)14-18)8-4-10-28(24)33(31,32)20-7-2-5-17-6-3-9-26-22(17)20/h2-3,5-7,9,16,18-19,21,30H,4,8,10-15H2,1H3,(H,27,29)/t16?,18-,19+,21?,24-,25?/m1/s1. The number of sulfonamides is 1. The van der Waals surface area contributed by atoms with Gasteiger partial charge in [-0.25, -0.2) is 8.42 Å². The molecule has 2 heterocycles. The van der Waals surface area contributed by atoms with Gasteiger partial charge in [-0.3, -0.25) is 9.78 Å². The highest BCUT2D eigenvalue weighted by atomic mass is 32.2. The van der Waals surface area contributed by atoms with Crippen molar-refractivity contribution in [3.63, 3.8) is 0 Å². The maximum absolute atomic E-state index is 13.8. The van der Waals surface area contributed by atoms with Gasteiger partial charge in [0.15, 0.2) is 0 Å². The van der Waals surface area contributed by atoms with E-state index in [4.69, 9.17) is 0 Å². The first-order chi connectivity index (χ1) is 15.7. The number of fused-ring (bicyclic) bond motifs is 1. The van der Waals surface area contributed by atoms with Crippen LogP contribution in [0.5, 0.6) is 0 Å². The van der Waals surface area contributed by atoms with E-state index < -0.39 is 21.2 Å². The molecule has 176 valence electrons. The van der Waals surface area contributed by atoms with E-state index in [2.05, 4.69) is 10.3 Å². The van der Waals surface area contributed by atoms with Crippen molar-refractivity contribution in [1.29, 1.82) is 0 Å².